The van der Waals surface area contributed by atoms with Gasteiger partial charge in [-0.25, -0.2) is 0 Å². The monoisotopic (exact) mass is 416 g/mol. The minimum Gasteiger partial charge on any atom is -0.390 e. The van der Waals surface area contributed by atoms with E-state index < -0.39 is 18.3 Å². The zero-order chi connectivity index (χ0) is 22.1. The largest absolute Gasteiger partial charge is 0.390 e. The van der Waals surface area contributed by atoms with Crippen molar-refractivity contribution in [2.45, 2.75) is 104 Å². The molecule has 3 fully saturated rings. The van der Waals surface area contributed by atoms with Crippen molar-refractivity contribution in [1.82, 2.24) is 0 Å². The highest BCUT2D eigenvalue weighted by atomic mass is 16.4. The molecule has 0 amide bonds. The number of fused-ring (bicyclic) bond motifs is 1. The Morgan fingerprint density at radius 2 is 1.83 bits per heavy atom. The fraction of sp³-hybridized carbons (Fsp3) is 0.778. The highest BCUT2D eigenvalue weighted by molar-refractivity contribution is 5.40. The van der Waals surface area contributed by atoms with Crippen molar-refractivity contribution in [1.29, 1.82) is 0 Å². The quantitative estimate of drug-likeness (QED) is 0.531. The summed E-state index contributed by atoms with van der Waals surface area (Å²) >= 11 is 0. The third-order valence-electron chi connectivity index (χ3n) is 8.54. The van der Waals surface area contributed by atoms with E-state index in [1.54, 1.807) is 0 Å². The van der Waals surface area contributed by atoms with Gasteiger partial charge >= 0.3 is 0 Å². The summed E-state index contributed by atoms with van der Waals surface area (Å²) in [6, 6.07) is 0. The topological polar surface area (TPSA) is 60.7 Å². The van der Waals surface area contributed by atoms with Gasteiger partial charge in [0, 0.05) is 6.42 Å². The van der Waals surface area contributed by atoms with E-state index >= 15 is 0 Å². The number of aliphatic hydroxyl groups excluding tert-OH is 3. The standard InChI is InChI=1S/C27H44O3/c1-17(2)8-6-9-18(3)22-13-14-23-20(10-7-15-27(22,23)5)11-12-21-19(4)16-24(28)26(30)25(21)29/h11-12,17-18,22-26,28-30H,4,6-10,13-16H2,1-3,5H3/b20-11?,21-12+/t18-,22-,23?,24?,25?,26+,27-/m1/s1. The number of hydrogen-bond donors (Lipinski definition) is 3. The fourth-order valence-electron chi connectivity index (χ4n) is 6.77. The summed E-state index contributed by atoms with van der Waals surface area (Å²) in [6.07, 6.45) is 11.7. The zero-order valence-electron chi connectivity index (χ0n) is 19.6. The second-order valence-corrected chi connectivity index (χ2v) is 11.1. The Morgan fingerprint density at radius 3 is 2.53 bits per heavy atom. The lowest BCUT2D eigenvalue weighted by molar-refractivity contribution is -0.0531. The average molecular weight is 417 g/mol. The van der Waals surface area contributed by atoms with Gasteiger partial charge in [-0.1, -0.05) is 71.3 Å². The van der Waals surface area contributed by atoms with Crippen LogP contribution >= 0.6 is 0 Å². The van der Waals surface area contributed by atoms with Crippen LogP contribution in [0.4, 0.5) is 0 Å². The van der Waals surface area contributed by atoms with Crippen molar-refractivity contribution in [3.05, 3.63) is 35.5 Å². The molecule has 3 heteroatoms. The van der Waals surface area contributed by atoms with Gasteiger partial charge in [0.25, 0.3) is 0 Å². The predicted molar refractivity (Wildman–Crippen MR) is 124 cm³/mol. The molecule has 30 heavy (non-hydrogen) atoms. The lowest BCUT2D eigenvalue weighted by atomic mass is 9.60. The van der Waals surface area contributed by atoms with Crippen LogP contribution in [0, 0.1) is 29.1 Å². The molecule has 0 heterocycles. The molecule has 3 nitrogen and oxygen atoms in total. The Labute approximate surface area is 184 Å². The number of rotatable bonds is 6. The molecule has 0 spiro atoms. The van der Waals surface area contributed by atoms with Gasteiger partial charge in [-0.05, 0) is 72.3 Å². The predicted octanol–water partition coefficient (Wildman–Crippen LogP) is 5.56. The van der Waals surface area contributed by atoms with E-state index in [9.17, 15) is 15.3 Å². The summed E-state index contributed by atoms with van der Waals surface area (Å²) in [5, 5.41) is 30.3. The molecule has 3 aliphatic rings. The Balaban J connectivity index is 1.74. The highest BCUT2D eigenvalue weighted by Crippen LogP contribution is 2.59. The first kappa shape index (κ1) is 23.8. The maximum absolute atomic E-state index is 10.4. The van der Waals surface area contributed by atoms with Crippen LogP contribution in [0.25, 0.3) is 0 Å². The minimum absolute atomic E-state index is 0.324. The van der Waals surface area contributed by atoms with Crippen molar-refractivity contribution >= 4 is 0 Å². The maximum atomic E-state index is 10.4. The van der Waals surface area contributed by atoms with Gasteiger partial charge in [-0.3, -0.25) is 0 Å². The van der Waals surface area contributed by atoms with Crippen molar-refractivity contribution in [3.8, 4) is 0 Å². The maximum Gasteiger partial charge on any atom is 0.110 e. The van der Waals surface area contributed by atoms with Gasteiger partial charge in [0.05, 0.1) is 6.10 Å². The van der Waals surface area contributed by atoms with E-state index in [0.29, 0.717) is 23.3 Å². The molecular weight excluding hydrogens is 372 g/mol. The molecule has 7 atom stereocenters. The van der Waals surface area contributed by atoms with E-state index in [2.05, 4.69) is 40.3 Å². The first-order chi connectivity index (χ1) is 14.1. The second kappa shape index (κ2) is 9.71. The molecule has 0 aromatic rings. The SMILES string of the molecule is C=C1CC(O)[C@H](O)C(O)/C1=C/C=C1CCC[C@@]2(C)C1CC[C@@H]2[C@H](C)CCCC(C)C. The van der Waals surface area contributed by atoms with Gasteiger partial charge in [0.1, 0.15) is 12.2 Å². The first-order valence-electron chi connectivity index (χ1n) is 12.3. The molecule has 0 aromatic heterocycles. The zero-order valence-corrected chi connectivity index (χ0v) is 19.6. The second-order valence-electron chi connectivity index (χ2n) is 11.1. The summed E-state index contributed by atoms with van der Waals surface area (Å²) in [6.45, 7) is 13.7. The van der Waals surface area contributed by atoms with Gasteiger partial charge in [-0.2, -0.15) is 0 Å². The third-order valence-corrected chi connectivity index (χ3v) is 8.54. The van der Waals surface area contributed by atoms with Crippen molar-refractivity contribution < 1.29 is 15.3 Å². The van der Waals surface area contributed by atoms with E-state index in [-0.39, 0.29) is 0 Å². The van der Waals surface area contributed by atoms with Crippen LogP contribution in [-0.2, 0) is 0 Å². The van der Waals surface area contributed by atoms with Crippen LogP contribution in [0.2, 0.25) is 0 Å². The van der Waals surface area contributed by atoms with Gasteiger partial charge in [0.2, 0.25) is 0 Å². The molecule has 170 valence electrons. The van der Waals surface area contributed by atoms with E-state index in [4.69, 9.17) is 0 Å². The Hall–Kier alpha value is -0.900. The molecule has 3 aliphatic carbocycles. The fourth-order valence-corrected chi connectivity index (χ4v) is 6.77. The average Bonchev–Trinajstić information content (AvgIpc) is 3.03. The van der Waals surface area contributed by atoms with Crippen molar-refractivity contribution in [2.24, 2.45) is 29.1 Å². The Kier molecular flexibility index (Phi) is 7.69. The molecule has 0 radical (unpaired) electrons. The minimum atomic E-state index is -1.13. The van der Waals surface area contributed by atoms with Crippen LogP contribution in [-0.4, -0.2) is 33.6 Å². The molecule has 3 saturated carbocycles. The lowest BCUT2D eigenvalue weighted by Gasteiger charge is -2.44. The lowest BCUT2D eigenvalue weighted by Crippen LogP contribution is -2.43. The van der Waals surface area contributed by atoms with E-state index in [1.807, 2.05) is 6.08 Å². The summed E-state index contributed by atoms with van der Waals surface area (Å²) < 4.78 is 0. The normalized spacial score (nSPS) is 40.9. The number of aliphatic hydroxyl groups is 3. The summed E-state index contributed by atoms with van der Waals surface area (Å²) in [5.74, 6) is 3.02. The molecular formula is C27H44O3. The van der Waals surface area contributed by atoms with E-state index in [0.717, 1.165) is 29.7 Å². The van der Waals surface area contributed by atoms with Crippen LogP contribution in [0.3, 0.4) is 0 Å². The molecule has 0 saturated heterocycles. The highest BCUT2D eigenvalue weighted by Gasteiger charge is 2.50. The van der Waals surface area contributed by atoms with Gasteiger partial charge in [0.15, 0.2) is 0 Å². The summed E-state index contributed by atoms with van der Waals surface area (Å²) in [5.41, 5.74) is 3.31. The van der Waals surface area contributed by atoms with Gasteiger partial charge in [-0.15, -0.1) is 0 Å². The third kappa shape index (κ3) is 4.79. The van der Waals surface area contributed by atoms with Crippen LogP contribution in [0.5, 0.6) is 0 Å². The van der Waals surface area contributed by atoms with Crippen molar-refractivity contribution in [2.75, 3.05) is 0 Å². The summed E-state index contributed by atoms with van der Waals surface area (Å²) in [7, 11) is 0. The Bertz CT molecular complexity index is 676. The molecule has 3 N–H and O–H groups in total. The molecule has 3 unspecified atom stereocenters. The van der Waals surface area contributed by atoms with Crippen LogP contribution in [0.15, 0.2) is 35.5 Å². The molecule has 0 aromatic carbocycles. The van der Waals surface area contributed by atoms with Crippen LogP contribution < -0.4 is 0 Å². The van der Waals surface area contributed by atoms with E-state index in [1.165, 1.54) is 50.5 Å². The summed E-state index contributed by atoms with van der Waals surface area (Å²) in [4.78, 5) is 0. The van der Waals surface area contributed by atoms with Crippen molar-refractivity contribution in [3.63, 3.8) is 0 Å². The van der Waals surface area contributed by atoms with Crippen LogP contribution in [0.1, 0.15) is 85.5 Å². The number of hydrogen-bond acceptors (Lipinski definition) is 3. The van der Waals surface area contributed by atoms with Gasteiger partial charge < -0.3 is 15.3 Å². The Morgan fingerprint density at radius 1 is 1.10 bits per heavy atom. The molecule has 3 rings (SSSR count). The smallest absolute Gasteiger partial charge is 0.110 e. The molecule has 0 aliphatic heterocycles. The molecule has 0 bridgehead atoms. The first-order valence-corrected chi connectivity index (χ1v) is 12.3. The number of allylic oxidation sites excluding steroid dienone is 3.